The van der Waals surface area contributed by atoms with Crippen LogP contribution in [0.2, 0.25) is 0 Å². The number of amides is 1. The Morgan fingerprint density at radius 3 is 2.27 bits per heavy atom. The van der Waals surface area contributed by atoms with Crippen LogP contribution in [-0.4, -0.2) is 30.9 Å². The molecule has 0 aromatic heterocycles. The van der Waals surface area contributed by atoms with Crippen molar-refractivity contribution in [2.75, 3.05) is 20.1 Å². The zero-order valence-corrected chi connectivity index (χ0v) is 10.5. The van der Waals surface area contributed by atoms with Crippen LogP contribution in [0.5, 0.6) is 0 Å². The molecule has 0 heterocycles. The number of hydrogen-bond acceptors (Lipinski definition) is 2. The van der Waals surface area contributed by atoms with Crippen molar-refractivity contribution in [3.63, 3.8) is 0 Å². The Balaban J connectivity index is 2.40. The van der Waals surface area contributed by atoms with Gasteiger partial charge in [0.15, 0.2) is 0 Å². The summed E-state index contributed by atoms with van der Waals surface area (Å²) in [6, 6.07) is 0. The highest BCUT2D eigenvalue weighted by molar-refractivity contribution is 5.76. The molecule has 15 heavy (non-hydrogen) atoms. The third-order valence-electron chi connectivity index (χ3n) is 3.07. The molecule has 1 rings (SSSR count). The smallest absolute Gasteiger partial charge is 0.222 e. The number of rotatable bonds is 4. The molecule has 0 radical (unpaired) electrons. The van der Waals surface area contributed by atoms with Crippen LogP contribution in [0.3, 0.4) is 0 Å². The van der Waals surface area contributed by atoms with E-state index in [2.05, 4.69) is 20.8 Å². The van der Waals surface area contributed by atoms with E-state index in [-0.39, 0.29) is 16.7 Å². The maximum Gasteiger partial charge on any atom is 0.222 e. The molecule has 1 amide bonds. The topological polar surface area (TPSA) is 46.3 Å². The molecule has 0 aromatic carbocycles. The Bertz CT molecular complexity index is 238. The molecule has 3 heteroatoms. The minimum atomic E-state index is 0.0742. The fourth-order valence-electron chi connectivity index (χ4n) is 1.78. The van der Waals surface area contributed by atoms with E-state index in [1.54, 1.807) is 0 Å². The van der Waals surface area contributed by atoms with Crippen molar-refractivity contribution in [3.05, 3.63) is 0 Å². The summed E-state index contributed by atoms with van der Waals surface area (Å²) < 4.78 is 0. The SMILES string of the molecule is CN(CC1(CN)CC1)C(=O)CC(C)(C)C. The van der Waals surface area contributed by atoms with E-state index in [0.717, 1.165) is 6.54 Å². The third-order valence-corrected chi connectivity index (χ3v) is 3.07. The van der Waals surface area contributed by atoms with Crippen LogP contribution in [0.25, 0.3) is 0 Å². The minimum absolute atomic E-state index is 0.0742. The molecule has 2 N–H and O–H groups in total. The van der Waals surface area contributed by atoms with Gasteiger partial charge in [0.1, 0.15) is 0 Å². The molecule has 0 atom stereocenters. The molecular formula is C12H24N2O. The molecule has 0 aliphatic heterocycles. The van der Waals surface area contributed by atoms with Crippen molar-refractivity contribution < 1.29 is 4.79 Å². The summed E-state index contributed by atoms with van der Waals surface area (Å²) in [7, 11) is 1.89. The lowest BCUT2D eigenvalue weighted by atomic mass is 9.91. The molecule has 1 aliphatic rings. The van der Waals surface area contributed by atoms with Gasteiger partial charge in [-0.2, -0.15) is 0 Å². The molecule has 1 saturated carbocycles. The lowest BCUT2D eigenvalue weighted by Gasteiger charge is -2.26. The average Bonchev–Trinajstić information content (AvgIpc) is 2.82. The molecule has 88 valence electrons. The average molecular weight is 212 g/mol. The molecule has 1 aliphatic carbocycles. The Morgan fingerprint density at radius 1 is 1.40 bits per heavy atom. The quantitative estimate of drug-likeness (QED) is 0.769. The lowest BCUT2D eigenvalue weighted by molar-refractivity contribution is -0.132. The summed E-state index contributed by atoms with van der Waals surface area (Å²) in [4.78, 5) is 13.7. The maximum atomic E-state index is 11.9. The summed E-state index contributed by atoms with van der Waals surface area (Å²) in [5, 5.41) is 0. The van der Waals surface area contributed by atoms with Crippen LogP contribution >= 0.6 is 0 Å². The summed E-state index contributed by atoms with van der Waals surface area (Å²) in [6.45, 7) is 7.82. The number of carbonyl (C=O) groups excluding carboxylic acids is 1. The van der Waals surface area contributed by atoms with Gasteiger partial charge in [-0.05, 0) is 24.8 Å². The Hall–Kier alpha value is -0.570. The first-order valence-corrected chi connectivity index (χ1v) is 5.72. The van der Waals surface area contributed by atoms with Gasteiger partial charge in [0.25, 0.3) is 0 Å². The molecule has 3 nitrogen and oxygen atoms in total. The van der Waals surface area contributed by atoms with E-state index in [1.165, 1.54) is 12.8 Å². The highest BCUT2D eigenvalue weighted by atomic mass is 16.2. The Kier molecular flexibility index (Phi) is 3.44. The van der Waals surface area contributed by atoms with Gasteiger partial charge >= 0.3 is 0 Å². The molecule has 0 spiro atoms. The normalized spacial score (nSPS) is 18.7. The summed E-state index contributed by atoms with van der Waals surface area (Å²) >= 11 is 0. The number of nitrogens with zero attached hydrogens (tertiary/aromatic N) is 1. The van der Waals surface area contributed by atoms with Crippen LogP contribution in [0.1, 0.15) is 40.0 Å². The highest BCUT2D eigenvalue weighted by Crippen LogP contribution is 2.45. The van der Waals surface area contributed by atoms with Crippen molar-refractivity contribution >= 4 is 5.91 Å². The predicted octanol–water partition coefficient (Wildman–Crippen LogP) is 1.62. The molecule has 1 fully saturated rings. The molecule has 0 bridgehead atoms. The van der Waals surface area contributed by atoms with Gasteiger partial charge in [0, 0.05) is 25.4 Å². The van der Waals surface area contributed by atoms with E-state index in [0.29, 0.717) is 13.0 Å². The van der Waals surface area contributed by atoms with Crippen molar-refractivity contribution in [3.8, 4) is 0 Å². The van der Waals surface area contributed by atoms with E-state index in [9.17, 15) is 4.79 Å². The van der Waals surface area contributed by atoms with Gasteiger partial charge in [0.05, 0.1) is 0 Å². The fourth-order valence-corrected chi connectivity index (χ4v) is 1.78. The predicted molar refractivity (Wildman–Crippen MR) is 62.4 cm³/mol. The Morgan fingerprint density at radius 2 is 1.93 bits per heavy atom. The van der Waals surface area contributed by atoms with E-state index < -0.39 is 0 Å². The second kappa shape index (κ2) is 4.12. The highest BCUT2D eigenvalue weighted by Gasteiger charge is 2.42. The van der Waals surface area contributed by atoms with Gasteiger partial charge in [-0.15, -0.1) is 0 Å². The molecule has 0 aromatic rings. The number of hydrogen-bond donors (Lipinski definition) is 1. The van der Waals surface area contributed by atoms with Crippen molar-refractivity contribution in [2.45, 2.75) is 40.0 Å². The molecule has 0 unspecified atom stereocenters. The zero-order valence-electron chi connectivity index (χ0n) is 10.5. The first kappa shape index (κ1) is 12.5. The van der Waals surface area contributed by atoms with Gasteiger partial charge < -0.3 is 10.6 Å². The van der Waals surface area contributed by atoms with Crippen LogP contribution in [-0.2, 0) is 4.79 Å². The lowest BCUT2D eigenvalue weighted by Crippen LogP contribution is -2.37. The van der Waals surface area contributed by atoms with Crippen LogP contribution < -0.4 is 5.73 Å². The monoisotopic (exact) mass is 212 g/mol. The first-order chi connectivity index (χ1) is 6.78. The van der Waals surface area contributed by atoms with Crippen LogP contribution in [0.15, 0.2) is 0 Å². The standard InChI is InChI=1S/C12H24N2O/c1-11(2,3)7-10(15)14(4)9-12(8-13)5-6-12/h5-9,13H2,1-4H3. The minimum Gasteiger partial charge on any atom is -0.345 e. The first-order valence-electron chi connectivity index (χ1n) is 5.72. The molecule has 0 saturated heterocycles. The van der Waals surface area contributed by atoms with Crippen molar-refractivity contribution in [1.82, 2.24) is 4.90 Å². The zero-order chi connectivity index (χ0) is 11.7. The van der Waals surface area contributed by atoms with Crippen molar-refractivity contribution in [2.24, 2.45) is 16.6 Å². The van der Waals surface area contributed by atoms with Gasteiger partial charge in [0.2, 0.25) is 5.91 Å². The van der Waals surface area contributed by atoms with Crippen molar-refractivity contribution in [1.29, 1.82) is 0 Å². The Labute approximate surface area is 93.0 Å². The number of carbonyl (C=O) groups is 1. The van der Waals surface area contributed by atoms with E-state index in [1.807, 2.05) is 11.9 Å². The second-order valence-corrected chi connectivity index (χ2v) is 6.19. The van der Waals surface area contributed by atoms with E-state index >= 15 is 0 Å². The maximum absolute atomic E-state index is 11.9. The largest absolute Gasteiger partial charge is 0.345 e. The summed E-state index contributed by atoms with van der Waals surface area (Å²) in [6.07, 6.45) is 2.97. The fraction of sp³-hybridized carbons (Fsp3) is 0.917. The second-order valence-electron chi connectivity index (χ2n) is 6.19. The van der Waals surface area contributed by atoms with Crippen LogP contribution in [0.4, 0.5) is 0 Å². The van der Waals surface area contributed by atoms with Gasteiger partial charge in [-0.3, -0.25) is 4.79 Å². The van der Waals surface area contributed by atoms with Gasteiger partial charge in [-0.1, -0.05) is 20.8 Å². The third kappa shape index (κ3) is 3.82. The summed E-state index contributed by atoms with van der Waals surface area (Å²) in [5.74, 6) is 0.238. The van der Waals surface area contributed by atoms with Crippen LogP contribution in [0, 0.1) is 10.8 Å². The van der Waals surface area contributed by atoms with E-state index in [4.69, 9.17) is 5.73 Å². The molecular weight excluding hydrogens is 188 g/mol. The summed E-state index contributed by atoms with van der Waals surface area (Å²) in [5.41, 5.74) is 6.03. The van der Waals surface area contributed by atoms with Gasteiger partial charge in [-0.25, -0.2) is 0 Å². The number of nitrogens with two attached hydrogens (primary N) is 1.